The maximum atomic E-state index is 5.12. The number of likely N-dealkylation sites (tertiary alicyclic amines) is 1. The minimum absolute atomic E-state index is 0. The van der Waals surface area contributed by atoms with Gasteiger partial charge in [-0.1, -0.05) is 34.5 Å². The van der Waals surface area contributed by atoms with Crippen LogP contribution in [0.4, 0.5) is 0 Å². The molecule has 4 rings (SSSR count). The van der Waals surface area contributed by atoms with Gasteiger partial charge >= 0.3 is 0 Å². The summed E-state index contributed by atoms with van der Waals surface area (Å²) in [7, 11) is 1.99. The second-order valence-electron chi connectivity index (χ2n) is 8.19. The van der Waals surface area contributed by atoms with E-state index in [2.05, 4.69) is 68.6 Å². The standard InChI is InChI=1S/C22H30BrN5.HI/c1-3-24-21(28-11-8-17(15-28)18-13-26-27(2)14-18)25-16-22(9-5-10-22)19-6-4-7-20(23)12-19;/h4,6-7,12-14,17H,3,5,8-11,15-16H2,1-2H3,(H,24,25);1H. The third-order valence-electron chi connectivity index (χ3n) is 6.30. The molecule has 2 aliphatic rings. The van der Waals surface area contributed by atoms with Gasteiger partial charge in [0, 0.05) is 48.7 Å². The zero-order chi connectivity index (χ0) is 19.6. The van der Waals surface area contributed by atoms with Crippen LogP contribution in [0.5, 0.6) is 0 Å². The number of nitrogens with zero attached hydrogens (tertiary/aromatic N) is 4. The number of nitrogens with one attached hydrogen (secondary N) is 1. The Balaban J connectivity index is 0.00000240. The Kier molecular flexibility index (Phi) is 7.64. The molecular weight excluding hydrogens is 541 g/mol. The minimum Gasteiger partial charge on any atom is -0.357 e. The van der Waals surface area contributed by atoms with Crippen molar-refractivity contribution in [1.29, 1.82) is 0 Å². The Hall–Kier alpha value is -1.09. The first-order valence-corrected chi connectivity index (χ1v) is 11.2. The highest BCUT2D eigenvalue weighted by Crippen LogP contribution is 2.44. The summed E-state index contributed by atoms with van der Waals surface area (Å²) in [6.07, 6.45) is 9.07. The molecule has 7 heteroatoms. The van der Waals surface area contributed by atoms with Crippen LogP contribution in [0.1, 0.15) is 49.7 Å². The summed E-state index contributed by atoms with van der Waals surface area (Å²) >= 11 is 3.63. The number of aliphatic imine (C=N–C) groups is 1. The van der Waals surface area contributed by atoms with Crippen molar-refractivity contribution < 1.29 is 0 Å². The summed E-state index contributed by atoms with van der Waals surface area (Å²) in [5.74, 6) is 1.61. The molecule has 0 amide bonds. The first kappa shape index (κ1) is 22.6. The first-order valence-electron chi connectivity index (χ1n) is 10.4. The lowest BCUT2D eigenvalue weighted by atomic mass is 9.64. The summed E-state index contributed by atoms with van der Waals surface area (Å²) in [5.41, 5.74) is 2.96. The molecule has 158 valence electrons. The van der Waals surface area contributed by atoms with Crippen molar-refractivity contribution in [2.45, 2.75) is 43.9 Å². The van der Waals surface area contributed by atoms with Crippen molar-refractivity contribution in [3.63, 3.8) is 0 Å². The van der Waals surface area contributed by atoms with Gasteiger partial charge in [0.2, 0.25) is 0 Å². The fourth-order valence-electron chi connectivity index (χ4n) is 4.49. The van der Waals surface area contributed by atoms with Gasteiger partial charge < -0.3 is 10.2 Å². The van der Waals surface area contributed by atoms with Gasteiger partial charge in [0.25, 0.3) is 0 Å². The van der Waals surface area contributed by atoms with Gasteiger partial charge in [-0.25, -0.2) is 0 Å². The van der Waals surface area contributed by atoms with Crippen LogP contribution in [0.2, 0.25) is 0 Å². The number of benzene rings is 1. The molecule has 5 nitrogen and oxygen atoms in total. The second-order valence-corrected chi connectivity index (χ2v) is 9.11. The number of hydrogen-bond donors (Lipinski definition) is 1. The maximum Gasteiger partial charge on any atom is 0.193 e. The summed E-state index contributed by atoms with van der Waals surface area (Å²) in [6.45, 7) is 5.98. The lowest BCUT2D eigenvalue weighted by Gasteiger charge is -2.41. The Labute approximate surface area is 199 Å². The molecule has 1 aromatic carbocycles. The monoisotopic (exact) mass is 571 g/mol. The van der Waals surface area contributed by atoms with Crippen molar-refractivity contribution in [1.82, 2.24) is 20.0 Å². The number of guanidine groups is 1. The first-order chi connectivity index (χ1) is 13.6. The summed E-state index contributed by atoms with van der Waals surface area (Å²) in [5, 5.41) is 7.88. The molecule has 0 radical (unpaired) electrons. The average molecular weight is 572 g/mol. The lowest BCUT2D eigenvalue weighted by Crippen LogP contribution is -2.43. The fourth-order valence-corrected chi connectivity index (χ4v) is 4.89. The number of aryl methyl sites for hydroxylation is 1. The van der Waals surface area contributed by atoms with Crippen LogP contribution >= 0.6 is 39.9 Å². The van der Waals surface area contributed by atoms with Crippen molar-refractivity contribution >= 4 is 45.9 Å². The molecule has 1 atom stereocenters. The summed E-state index contributed by atoms with van der Waals surface area (Å²) in [4.78, 5) is 7.55. The van der Waals surface area contributed by atoms with Crippen LogP contribution in [-0.4, -0.2) is 46.8 Å². The highest BCUT2D eigenvalue weighted by Gasteiger charge is 2.39. The van der Waals surface area contributed by atoms with Crippen LogP contribution in [0.15, 0.2) is 46.1 Å². The zero-order valence-corrected chi connectivity index (χ0v) is 21.2. The van der Waals surface area contributed by atoms with Crippen LogP contribution in [0.25, 0.3) is 0 Å². The van der Waals surface area contributed by atoms with Gasteiger partial charge in [0.1, 0.15) is 0 Å². The number of rotatable bonds is 5. The third-order valence-corrected chi connectivity index (χ3v) is 6.79. The smallest absolute Gasteiger partial charge is 0.193 e. The minimum atomic E-state index is 0. The van der Waals surface area contributed by atoms with Crippen molar-refractivity contribution in [2.24, 2.45) is 12.0 Å². The highest BCUT2D eigenvalue weighted by molar-refractivity contribution is 14.0. The van der Waals surface area contributed by atoms with E-state index in [1.165, 1.54) is 30.4 Å². The van der Waals surface area contributed by atoms with E-state index in [0.29, 0.717) is 5.92 Å². The summed E-state index contributed by atoms with van der Waals surface area (Å²) < 4.78 is 3.06. The van der Waals surface area contributed by atoms with Gasteiger partial charge in [-0.05, 0) is 49.4 Å². The Morgan fingerprint density at radius 1 is 1.38 bits per heavy atom. The molecule has 2 fully saturated rings. The molecule has 1 saturated carbocycles. The van der Waals surface area contributed by atoms with E-state index >= 15 is 0 Å². The molecule has 1 unspecified atom stereocenters. The van der Waals surface area contributed by atoms with E-state index in [1.807, 2.05) is 17.9 Å². The number of halogens is 2. The van der Waals surface area contributed by atoms with Crippen LogP contribution in [0, 0.1) is 0 Å². The van der Waals surface area contributed by atoms with Crippen molar-refractivity contribution in [3.8, 4) is 0 Å². The second kappa shape index (κ2) is 9.81. The largest absolute Gasteiger partial charge is 0.357 e. The fraction of sp³-hybridized carbons (Fsp3) is 0.545. The predicted octanol–water partition coefficient (Wildman–Crippen LogP) is 4.68. The van der Waals surface area contributed by atoms with E-state index in [9.17, 15) is 0 Å². The molecular formula is C22H31BrIN5. The number of hydrogen-bond acceptors (Lipinski definition) is 2. The van der Waals surface area contributed by atoms with E-state index in [1.54, 1.807) is 0 Å². The van der Waals surface area contributed by atoms with Gasteiger partial charge in [-0.2, -0.15) is 5.10 Å². The van der Waals surface area contributed by atoms with Gasteiger partial charge in [-0.15, -0.1) is 24.0 Å². The SMILES string of the molecule is CCNC(=NCC1(c2cccc(Br)c2)CCC1)N1CCC(c2cnn(C)c2)C1.I. The predicted molar refractivity (Wildman–Crippen MR) is 133 cm³/mol. The van der Waals surface area contributed by atoms with Gasteiger partial charge in [-0.3, -0.25) is 9.67 Å². The summed E-state index contributed by atoms with van der Waals surface area (Å²) in [6, 6.07) is 8.79. The van der Waals surface area contributed by atoms with Crippen LogP contribution in [0.3, 0.4) is 0 Å². The zero-order valence-electron chi connectivity index (χ0n) is 17.3. The molecule has 1 aliphatic heterocycles. The molecule has 1 aliphatic carbocycles. The topological polar surface area (TPSA) is 45.5 Å². The Morgan fingerprint density at radius 3 is 2.83 bits per heavy atom. The normalized spacial score (nSPS) is 20.9. The molecule has 29 heavy (non-hydrogen) atoms. The van der Waals surface area contributed by atoms with E-state index in [-0.39, 0.29) is 29.4 Å². The quantitative estimate of drug-likeness (QED) is 0.322. The maximum absolute atomic E-state index is 5.12. The van der Waals surface area contributed by atoms with Crippen LogP contribution < -0.4 is 5.32 Å². The number of aromatic nitrogens is 2. The molecule has 1 aromatic heterocycles. The van der Waals surface area contributed by atoms with Crippen LogP contribution in [-0.2, 0) is 12.5 Å². The molecule has 1 saturated heterocycles. The average Bonchev–Trinajstić information content (AvgIpc) is 3.29. The molecule has 2 heterocycles. The van der Waals surface area contributed by atoms with Crippen molar-refractivity contribution in [3.05, 3.63) is 52.3 Å². The van der Waals surface area contributed by atoms with E-state index in [0.717, 1.165) is 43.0 Å². The lowest BCUT2D eigenvalue weighted by molar-refractivity contribution is 0.252. The highest BCUT2D eigenvalue weighted by atomic mass is 127. The van der Waals surface area contributed by atoms with Crippen molar-refractivity contribution in [2.75, 3.05) is 26.2 Å². The molecule has 0 bridgehead atoms. The Morgan fingerprint density at radius 2 is 2.21 bits per heavy atom. The van der Waals surface area contributed by atoms with E-state index in [4.69, 9.17) is 4.99 Å². The van der Waals surface area contributed by atoms with Gasteiger partial charge in [0.05, 0.1) is 12.7 Å². The Bertz CT molecular complexity index is 845. The van der Waals surface area contributed by atoms with E-state index < -0.39 is 0 Å². The molecule has 0 spiro atoms. The van der Waals surface area contributed by atoms with Gasteiger partial charge in [0.15, 0.2) is 5.96 Å². The molecule has 1 N–H and O–H groups in total. The molecule has 2 aromatic rings. The third kappa shape index (κ3) is 4.98.